The Labute approximate surface area is 140 Å². The van der Waals surface area contributed by atoms with E-state index in [-0.39, 0.29) is 12.5 Å². The Balaban J connectivity index is 2.00. The predicted molar refractivity (Wildman–Crippen MR) is 96.6 cm³/mol. The van der Waals surface area contributed by atoms with Gasteiger partial charge in [-0.25, -0.2) is 0 Å². The molecule has 0 atom stereocenters. The second-order valence-electron chi connectivity index (χ2n) is 5.33. The minimum Gasteiger partial charge on any atom is -0.376 e. The van der Waals surface area contributed by atoms with Crippen LogP contribution in [0.5, 0.6) is 0 Å². The third kappa shape index (κ3) is 4.10. The van der Waals surface area contributed by atoms with E-state index in [2.05, 4.69) is 33.5 Å². The molecule has 0 fully saturated rings. The molecule has 0 unspecified atom stereocenters. The van der Waals surface area contributed by atoms with Crippen LogP contribution in [0.2, 0.25) is 0 Å². The van der Waals surface area contributed by atoms with Crippen molar-refractivity contribution in [3.63, 3.8) is 0 Å². The number of amides is 1. The molecule has 0 radical (unpaired) electrons. The van der Waals surface area contributed by atoms with Gasteiger partial charge in [-0.05, 0) is 55.2 Å². The highest BCUT2D eigenvalue weighted by molar-refractivity contribution is 9.10. The number of hydrogen-bond acceptors (Lipinski definition) is 2. The lowest BCUT2D eigenvalue weighted by molar-refractivity contribution is -0.114. The Morgan fingerprint density at radius 3 is 2.59 bits per heavy atom. The predicted octanol–water partition coefficient (Wildman–Crippen LogP) is 4.68. The molecule has 2 aromatic carbocycles. The molecule has 2 rings (SSSR count). The number of aryl methyl sites for hydroxylation is 3. The van der Waals surface area contributed by atoms with E-state index in [1.165, 1.54) is 0 Å². The molecule has 0 saturated heterocycles. The first-order chi connectivity index (χ1) is 10.5. The van der Waals surface area contributed by atoms with Gasteiger partial charge in [-0.2, -0.15) is 0 Å². The van der Waals surface area contributed by atoms with Gasteiger partial charge in [0.25, 0.3) is 0 Å². The van der Waals surface area contributed by atoms with E-state index in [0.717, 1.165) is 39.0 Å². The Bertz CT molecular complexity index is 683. The molecule has 116 valence electrons. The monoisotopic (exact) mass is 360 g/mol. The number of anilines is 2. The summed E-state index contributed by atoms with van der Waals surface area (Å²) in [5, 5.41) is 6.17. The summed E-state index contributed by atoms with van der Waals surface area (Å²) in [4.78, 5) is 12.2. The largest absolute Gasteiger partial charge is 0.376 e. The molecule has 0 aliphatic rings. The van der Waals surface area contributed by atoms with E-state index < -0.39 is 0 Å². The zero-order valence-corrected chi connectivity index (χ0v) is 14.8. The van der Waals surface area contributed by atoms with Crippen molar-refractivity contribution in [2.45, 2.75) is 27.2 Å². The molecule has 1 amide bonds. The molecule has 0 spiro atoms. The SMILES string of the molecule is CCc1cccc(C)c1NC(=O)CNc1ccc(Br)c(C)c1. The van der Waals surface area contributed by atoms with Crippen LogP contribution < -0.4 is 10.6 Å². The Kier molecular flexibility index (Phi) is 5.61. The lowest BCUT2D eigenvalue weighted by Gasteiger charge is -2.14. The van der Waals surface area contributed by atoms with Crippen molar-refractivity contribution in [2.75, 3.05) is 17.2 Å². The molecule has 4 heteroatoms. The molecule has 0 heterocycles. The maximum absolute atomic E-state index is 12.2. The Hall–Kier alpha value is -1.81. The van der Waals surface area contributed by atoms with Crippen molar-refractivity contribution in [3.8, 4) is 0 Å². The molecule has 0 aliphatic carbocycles. The van der Waals surface area contributed by atoms with Gasteiger partial charge in [-0.3, -0.25) is 4.79 Å². The maximum atomic E-state index is 12.2. The fourth-order valence-corrected chi connectivity index (χ4v) is 2.57. The van der Waals surface area contributed by atoms with Gasteiger partial charge in [-0.1, -0.05) is 41.1 Å². The lowest BCUT2D eigenvalue weighted by atomic mass is 10.1. The molecule has 3 nitrogen and oxygen atoms in total. The summed E-state index contributed by atoms with van der Waals surface area (Å²) in [6, 6.07) is 12.0. The average Bonchev–Trinajstić information content (AvgIpc) is 2.50. The summed E-state index contributed by atoms with van der Waals surface area (Å²) in [7, 11) is 0. The molecule has 0 bridgehead atoms. The molecule has 2 N–H and O–H groups in total. The Morgan fingerprint density at radius 2 is 1.91 bits per heavy atom. The fourth-order valence-electron chi connectivity index (χ4n) is 2.32. The van der Waals surface area contributed by atoms with E-state index >= 15 is 0 Å². The molecule has 2 aromatic rings. The van der Waals surface area contributed by atoms with Gasteiger partial charge in [0.05, 0.1) is 6.54 Å². The van der Waals surface area contributed by atoms with Crippen LogP contribution in [0.1, 0.15) is 23.6 Å². The molecule has 0 aromatic heterocycles. The van der Waals surface area contributed by atoms with E-state index in [1.807, 2.05) is 50.2 Å². The van der Waals surface area contributed by atoms with Crippen LogP contribution >= 0.6 is 15.9 Å². The number of hydrogen-bond donors (Lipinski definition) is 2. The van der Waals surface area contributed by atoms with Crippen LogP contribution in [0, 0.1) is 13.8 Å². The summed E-state index contributed by atoms with van der Waals surface area (Å²) in [5.41, 5.74) is 5.26. The highest BCUT2D eigenvalue weighted by Gasteiger charge is 2.08. The van der Waals surface area contributed by atoms with Gasteiger partial charge in [0.2, 0.25) is 5.91 Å². The van der Waals surface area contributed by atoms with E-state index in [9.17, 15) is 4.79 Å². The van der Waals surface area contributed by atoms with Crippen molar-refractivity contribution in [1.29, 1.82) is 0 Å². The summed E-state index contributed by atoms with van der Waals surface area (Å²) in [5.74, 6) is -0.0374. The zero-order valence-electron chi connectivity index (χ0n) is 13.2. The lowest BCUT2D eigenvalue weighted by Crippen LogP contribution is -2.23. The summed E-state index contributed by atoms with van der Waals surface area (Å²) < 4.78 is 1.06. The minimum atomic E-state index is -0.0374. The highest BCUT2D eigenvalue weighted by atomic mass is 79.9. The Morgan fingerprint density at radius 1 is 1.14 bits per heavy atom. The number of para-hydroxylation sites is 1. The second kappa shape index (κ2) is 7.45. The van der Waals surface area contributed by atoms with Crippen molar-refractivity contribution in [2.24, 2.45) is 0 Å². The first-order valence-corrected chi connectivity index (χ1v) is 8.19. The molecular weight excluding hydrogens is 340 g/mol. The van der Waals surface area contributed by atoms with Crippen LogP contribution in [-0.2, 0) is 11.2 Å². The summed E-state index contributed by atoms with van der Waals surface area (Å²) in [6.07, 6.45) is 0.899. The normalized spacial score (nSPS) is 10.4. The van der Waals surface area contributed by atoms with E-state index in [4.69, 9.17) is 0 Å². The minimum absolute atomic E-state index is 0.0374. The number of nitrogens with one attached hydrogen (secondary N) is 2. The van der Waals surface area contributed by atoms with Crippen LogP contribution in [0.3, 0.4) is 0 Å². The topological polar surface area (TPSA) is 41.1 Å². The van der Waals surface area contributed by atoms with Gasteiger partial charge < -0.3 is 10.6 Å². The summed E-state index contributed by atoms with van der Waals surface area (Å²) in [6.45, 7) is 6.38. The van der Waals surface area contributed by atoms with Gasteiger partial charge in [-0.15, -0.1) is 0 Å². The smallest absolute Gasteiger partial charge is 0.243 e. The fraction of sp³-hybridized carbons (Fsp3) is 0.278. The highest BCUT2D eigenvalue weighted by Crippen LogP contribution is 2.22. The number of halogens is 1. The van der Waals surface area contributed by atoms with Crippen LogP contribution in [-0.4, -0.2) is 12.5 Å². The molecular formula is C18H21BrN2O. The van der Waals surface area contributed by atoms with Crippen LogP contribution in [0.15, 0.2) is 40.9 Å². The molecule has 0 saturated carbocycles. The maximum Gasteiger partial charge on any atom is 0.243 e. The summed E-state index contributed by atoms with van der Waals surface area (Å²) >= 11 is 3.47. The first-order valence-electron chi connectivity index (χ1n) is 7.39. The van der Waals surface area contributed by atoms with E-state index in [0.29, 0.717) is 0 Å². The van der Waals surface area contributed by atoms with Gasteiger partial charge >= 0.3 is 0 Å². The molecule has 22 heavy (non-hydrogen) atoms. The van der Waals surface area contributed by atoms with Gasteiger partial charge in [0, 0.05) is 15.8 Å². The quantitative estimate of drug-likeness (QED) is 0.812. The van der Waals surface area contributed by atoms with Gasteiger partial charge in [0.1, 0.15) is 0 Å². The van der Waals surface area contributed by atoms with Crippen molar-refractivity contribution in [1.82, 2.24) is 0 Å². The van der Waals surface area contributed by atoms with Crippen molar-refractivity contribution >= 4 is 33.2 Å². The van der Waals surface area contributed by atoms with E-state index in [1.54, 1.807) is 0 Å². The average molecular weight is 361 g/mol. The van der Waals surface area contributed by atoms with Crippen molar-refractivity contribution < 1.29 is 4.79 Å². The number of rotatable bonds is 5. The third-order valence-corrected chi connectivity index (χ3v) is 4.51. The number of carbonyl (C=O) groups excluding carboxylic acids is 1. The van der Waals surface area contributed by atoms with Gasteiger partial charge in [0.15, 0.2) is 0 Å². The molecule has 0 aliphatic heterocycles. The van der Waals surface area contributed by atoms with Crippen LogP contribution in [0.25, 0.3) is 0 Å². The van der Waals surface area contributed by atoms with Crippen molar-refractivity contribution in [3.05, 3.63) is 57.6 Å². The zero-order chi connectivity index (χ0) is 16.1. The number of benzene rings is 2. The second-order valence-corrected chi connectivity index (χ2v) is 6.18. The number of carbonyl (C=O) groups is 1. The third-order valence-electron chi connectivity index (χ3n) is 3.62. The van der Waals surface area contributed by atoms with Crippen LogP contribution in [0.4, 0.5) is 11.4 Å². The first kappa shape index (κ1) is 16.6. The standard InChI is InChI=1S/C18H21BrN2O/c1-4-14-7-5-6-12(2)18(14)21-17(22)11-20-15-8-9-16(19)13(3)10-15/h5-10,20H,4,11H2,1-3H3,(H,21,22).